The summed E-state index contributed by atoms with van der Waals surface area (Å²) in [6.07, 6.45) is 4.99. The van der Waals surface area contributed by atoms with Crippen molar-refractivity contribution in [2.75, 3.05) is 12.4 Å². The van der Waals surface area contributed by atoms with Crippen LogP contribution in [0.2, 0.25) is 0 Å². The minimum Gasteiger partial charge on any atom is -0.496 e. The molecule has 1 fully saturated rings. The van der Waals surface area contributed by atoms with E-state index in [4.69, 9.17) is 9.47 Å². The number of nitrogens with one attached hydrogen (secondary N) is 1. The van der Waals surface area contributed by atoms with Gasteiger partial charge in [-0.3, -0.25) is 9.59 Å². The number of carbonyl (C=O) groups excluding carboxylic acids is 2. The van der Waals surface area contributed by atoms with E-state index in [2.05, 4.69) is 5.32 Å². The molecule has 0 spiro atoms. The Morgan fingerprint density at radius 3 is 2.59 bits per heavy atom. The zero-order valence-electron chi connectivity index (χ0n) is 15.8. The molecule has 0 unspecified atom stereocenters. The SMILES string of the molecule is COc1ccc(C(C)=O)cc1CC(=O)Nc1cccc(OC2CCCC2)c1. The molecule has 0 heterocycles. The Hall–Kier alpha value is -2.82. The molecule has 0 bridgehead atoms. The number of benzene rings is 2. The first-order chi connectivity index (χ1) is 13.0. The second kappa shape index (κ2) is 8.71. The summed E-state index contributed by atoms with van der Waals surface area (Å²) in [5.41, 5.74) is 1.93. The van der Waals surface area contributed by atoms with Crippen LogP contribution in [0, 0.1) is 0 Å². The van der Waals surface area contributed by atoms with E-state index in [-0.39, 0.29) is 24.2 Å². The molecule has 27 heavy (non-hydrogen) atoms. The van der Waals surface area contributed by atoms with E-state index >= 15 is 0 Å². The maximum Gasteiger partial charge on any atom is 0.228 e. The molecule has 142 valence electrons. The van der Waals surface area contributed by atoms with Crippen LogP contribution in [0.4, 0.5) is 5.69 Å². The molecule has 5 heteroatoms. The number of amides is 1. The van der Waals surface area contributed by atoms with Crippen LogP contribution in [-0.2, 0) is 11.2 Å². The van der Waals surface area contributed by atoms with Gasteiger partial charge in [0.15, 0.2) is 5.78 Å². The molecule has 2 aromatic carbocycles. The normalized spacial score (nSPS) is 14.0. The molecule has 0 radical (unpaired) electrons. The number of carbonyl (C=O) groups is 2. The van der Waals surface area contributed by atoms with Gasteiger partial charge < -0.3 is 14.8 Å². The number of ether oxygens (including phenoxy) is 2. The van der Waals surface area contributed by atoms with E-state index in [9.17, 15) is 9.59 Å². The van der Waals surface area contributed by atoms with Crippen molar-refractivity contribution < 1.29 is 19.1 Å². The number of methoxy groups -OCH3 is 1. The minimum atomic E-state index is -0.174. The molecule has 3 rings (SSSR count). The number of hydrogen-bond donors (Lipinski definition) is 1. The Morgan fingerprint density at radius 2 is 1.89 bits per heavy atom. The Labute approximate surface area is 159 Å². The number of hydrogen-bond acceptors (Lipinski definition) is 4. The first kappa shape index (κ1) is 19.0. The number of rotatable bonds is 7. The van der Waals surface area contributed by atoms with Gasteiger partial charge in [-0.1, -0.05) is 6.07 Å². The van der Waals surface area contributed by atoms with Crippen LogP contribution < -0.4 is 14.8 Å². The summed E-state index contributed by atoms with van der Waals surface area (Å²) in [6.45, 7) is 1.50. The average molecular weight is 367 g/mol. The van der Waals surface area contributed by atoms with E-state index < -0.39 is 0 Å². The van der Waals surface area contributed by atoms with Gasteiger partial charge in [0.1, 0.15) is 11.5 Å². The van der Waals surface area contributed by atoms with Gasteiger partial charge in [-0.15, -0.1) is 0 Å². The van der Waals surface area contributed by atoms with Crippen LogP contribution in [0.15, 0.2) is 42.5 Å². The maximum absolute atomic E-state index is 12.5. The van der Waals surface area contributed by atoms with Gasteiger partial charge in [-0.25, -0.2) is 0 Å². The fraction of sp³-hybridized carbons (Fsp3) is 0.364. The highest BCUT2D eigenvalue weighted by Crippen LogP contribution is 2.26. The fourth-order valence-electron chi connectivity index (χ4n) is 3.36. The van der Waals surface area contributed by atoms with Crippen molar-refractivity contribution in [3.05, 3.63) is 53.6 Å². The van der Waals surface area contributed by atoms with Crippen LogP contribution in [0.1, 0.15) is 48.5 Å². The van der Waals surface area contributed by atoms with Crippen LogP contribution >= 0.6 is 0 Å². The second-order valence-electron chi connectivity index (χ2n) is 6.86. The van der Waals surface area contributed by atoms with Crippen molar-refractivity contribution in [1.82, 2.24) is 0 Å². The molecular formula is C22H25NO4. The summed E-state index contributed by atoms with van der Waals surface area (Å²) >= 11 is 0. The largest absolute Gasteiger partial charge is 0.496 e. The molecule has 0 aliphatic heterocycles. The lowest BCUT2D eigenvalue weighted by molar-refractivity contribution is -0.115. The van der Waals surface area contributed by atoms with Gasteiger partial charge in [0, 0.05) is 22.9 Å². The minimum absolute atomic E-state index is 0.0453. The van der Waals surface area contributed by atoms with Crippen LogP contribution in [0.3, 0.4) is 0 Å². The van der Waals surface area contributed by atoms with Gasteiger partial charge in [-0.05, 0) is 62.9 Å². The molecule has 2 aromatic rings. The average Bonchev–Trinajstić information content (AvgIpc) is 3.14. The monoisotopic (exact) mass is 367 g/mol. The molecule has 0 saturated heterocycles. The van der Waals surface area contributed by atoms with E-state index in [0.29, 0.717) is 22.6 Å². The third kappa shape index (κ3) is 5.09. The lowest BCUT2D eigenvalue weighted by atomic mass is 10.0. The number of Topliss-reactive ketones (excluding diaryl/α,β-unsaturated/α-hetero) is 1. The standard InChI is InChI=1S/C22H25NO4/c1-15(24)16-10-11-21(26-2)17(12-16)13-22(25)23-18-6-5-9-20(14-18)27-19-7-3-4-8-19/h5-6,9-12,14,19H,3-4,7-8,13H2,1-2H3,(H,23,25). The zero-order valence-corrected chi connectivity index (χ0v) is 15.8. The molecule has 1 saturated carbocycles. The van der Waals surface area contributed by atoms with Crippen LogP contribution in [0.25, 0.3) is 0 Å². The third-order valence-corrected chi connectivity index (χ3v) is 4.76. The van der Waals surface area contributed by atoms with E-state index in [0.717, 1.165) is 18.6 Å². The lowest BCUT2D eigenvalue weighted by Gasteiger charge is -2.14. The van der Waals surface area contributed by atoms with Crippen molar-refractivity contribution in [1.29, 1.82) is 0 Å². The molecule has 1 N–H and O–H groups in total. The van der Waals surface area contributed by atoms with Gasteiger partial charge in [0.05, 0.1) is 19.6 Å². The Balaban J connectivity index is 1.67. The zero-order chi connectivity index (χ0) is 19.2. The van der Waals surface area contributed by atoms with Crippen molar-refractivity contribution in [2.24, 2.45) is 0 Å². The molecule has 0 atom stereocenters. The summed E-state index contributed by atoms with van der Waals surface area (Å²) in [7, 11) is 1.55. The highest BCUT2D eigenvalue weighted by atomic mass is 16.5. The van der Waals surface area contributed by atoms with Crippen molar-refractivity contribution in [2.45, 2.75) is 45.1 Å². The van der Waals surface area contributed by atoms with Gasteiger partial charge in [0.25, 0.3) is 0 Å². The van der Waals surface area contributed by atoms with Crippen molar-refractivity contribution in [3.63, 3.8) is 0 Å². The summed E-state index contributed by atoms with van der Waals surface area (Å²) in [5, 5.41) is 2.90. The Kier molecular flexibility index (Phi) is 6.12. The molecule has 1 aliphatic carbocycles. The topological polar surface area (TPSA) is 64.6 Å². The summed E-state index contributed by atoms with van der Waals surface area (Å²) in [6, 6.07) is 12.6. The summed E-state index contributed by atoms with van der Waals surface area (Å²) in [4.78, 5) is 24.1. The Bertz CT molecular complexity index is 825. The summed E-state index contributed by atoms with van der Waals surface area (Å²) in [5.74, 6) is 1.15. The molecular weight excluding hydrogens is 342 g/mol. The number of ketones is 1. The lowest BCUT2D eigenvalue weighted by Crippen LogP contribution is -2.16. The second-order valence-corrected chi connectivity index (χ2v) is 6.86. The fourth-order valence-corrected chi connectivity index (χ4v) is 3.36. The predicted molar refractivity (Wildman–Crippen MR) is 105 cm³/mol. The molecule has 0 aromatic heterocycles. The van der Waals surface area contributed by atoms with Crippen LogP contribution in [-0.4, -0.2) is 24.9 Å². The first-order valence-electron chi connectivity index (χ1n) is 9.29. The van der Waals surface area contributed by atoms with Crippen molar-refractivity contribution >= 4 is 17.4 Å². The predicted octanol–water partition coefficient (Wildman–Crippen LogP) is 4.40. The summed E-state index contributed by atoms with van der Waals surface area (Å²) < 4.78 is 11.3. The maximum atomic E-state index is 12.5. The van der Waals surface area contributed by atoms with E-state index in [1.807, 2.05) is 24.3 Å². The van der Waals surface area contributed by atoms with Gasteiger partial charge >= 0.3 is 0 Å². The molecule has 5 nitrogen and oxygen atoms in total. The quantitative estimate of drug-likeness (QED) is 0.737. The smallest absolute Gasteiger partial charge is 0.228 e. The van der Waals surface area contributed by atoms with Crippen LogP contribution in [0.5, 0.6) is 11.5 Å². The highest BCUT2D eigenvalue weighted by molar-refractivity contribution is 5.96. The molecule has 1 aliphatic rings. The first-order valence-corrected chi connectivity index (χ1v) is 9.29. The molecule has 1 amide bonds. The van der Waals surface area contributed by atoms with Crippen molar-refractivity contribution in [3.8, 4) is 11.5 Å². The Morgan fingerprint density at radius 1 is 1.11 bits per heavy atom. The number of anilines is 1. The van der Waals surface area contributed by atoms with E-state index in [1.54, 1.807) is 25.3 Å². The van der Waals surface area contributed by atoms with Gasteiger partial charge in [-0.2, -0.15) is 0 Å². The van der Waals surface area contributed by atoms with Gasteiger partial charge in [0.2, 0.25) is 5.91 Å². The third-order valence-electron chi connectivity index (χ3n) is 4.76. The highest BCUT2D eigenvalue weighted by Gasteiger charge is 2.17. The van der Waals surface area contributed by atoms with E-state index in [1.165, 1.54) is 19.8 Å².